The molecule has 0 aromatic carbocycles. The smallest absolute Gasteiger partial charge is 0.187 e. The van der Waals surface area contributed by atoms with Gasteiger partial charge in [-0.15, -0.1) is 0 Å². The van der Waals surface area contributed by atoms with E-state index in [1.165, 1.54) is 0 Å². The van der Waals surface area contributed by atoms with Crippen molar-refractivity contribution in [3.63, 3.8) is 0 Å². The molecule has 0 bridgehead atoms. The van der Waals surface area contributed by atoms with Gasteiger partial charge >= 0.3 is 0 Å². The molecule has 11 nitrogen and oxygen atoms in total. The maximum Gasteiger partial charge on any atom is 0.187 e. The van der Waals surface area contributed by atoms with Gasteiger partial charge in [0.2, 0.25) is 0 Å². The second-order valence-electron chi connectivity index (χ2n) is 5.75. The summed E-state index contributed by atoms with van der Waals surface area (Å²) in [7, 11) is 0. The highest BCUT2D eigenvalue weighted by molar-refractivity contribution is 5.00. The molecule has 1 heterocycles. The Bertz CT molecular complexity index is 377. The van der Waals surface area contributed by atoms with Gasteiger partial charge in [0, 0.05) is 0 Å². The fourth-order valence-electron chi connectivity index (χ4n) is 2.69. The molecule has 2 aliphatic rings. The van der Waals surface area contributed by atoms with Crippen LogP contribution in [0.15, 0.2) is 0 Å². The molecule has 1 saturated carbocycles. The Balaban J connectivity index is 2.13. The van der Waals surface area contributed by atoms with Crippen LogP contribution in [0.3, 0.4) is 0 Å². The second-order valence-corrected chi connectivity index (χ2v) is 5.75. The number of ether oxygens (including phenoxy) is 2. The van der Waals surface area contributed by atoms with E-state index in [1.807, 2.05) is 0 Å². The van der Waals surface area contributed by atoms with Crippen molar-refractivity contribution in [3.05, 3.63) is 0 Å². The summed E-state index contributed by atoms with van der Waals surface area (Å²) in [6.45, 7) is -0.704. The average molecular weight is 342 g/mol. The molecule has 1 saturated heterocycles. The van der Waals surface area contributed by atoms with E-state index in [2.05, 4.69) is 0 Å². The van der Waals surface area contributed by atoms with Crippen LogP contribution in [0, 0.1) is 0 Å². The van der Waals surface area contributed by atoms with Gasteiger partial charge in [-0.2, -0.15) is 0 Å². The summed E-state index contributed by atoms with van der Waals surface area (Å²) in [5.74, 6) is 0. The maximum absolute atomic E-state index is 9.85. The van der Waals surface area contributed by atoms with Crippen molar-refractivity contribution in [2.24, 2.45) is 0 Å². The lowest BCUT2D eigenvalue weighted by Crippen LogP contribution is -2.67. The molecule has 1 aliphatic carbocycles. The molecule has 11 atom stereocenters. The summed E-state index contributed by atoms with van der Waals surface area (Å²) in [5.41, 5.74) is 0. The van der Waals surface area contributed by atoms with E-state index in [9.17, 15) is 40.9 Å². The molecule has 0 spiro atoms. The van der Waals surface area contributed by atoms with Crippen LogP contribution in [0.1, 0.15) is 0 Å². The van der Waals surface area contributed by atoms with Gasteiger partial charge in [0.25, 0.3) is 0 Å². The van der Waals surface area contributed by atoms with E-state index in [4.69, 9.17) is 14.6 Å². The average Bonchev–Trinajstić information content (AvgIpc) is 2.54. The van der Waals surface area contributed by atoms with Crippen LogP contribution in [0.25, 0.3) is 0 Å². The molecule has 0 unspecified atom stereocenters. The molecule has 1 aliphatic heterocycles. The zero-order valence-corrected chi connectivity index (χ0v) is 11.9. The minimum absolute atomic E-state index is 0.704. The summed E-state index contributed by atoms with van der Waals surface area (Å²) in [6.07, 6.45) is -18.9. The zero-order chi connectivity index (χ0) is 17.5. The van der Waals surface area contributed by atoms with Crippen molar-refractivity contribution in [2.45, 2.75) is 67.3 Å². The predicted octanol–water partition coefficient (Wildman–Crippen LogP) is -6.01. The third-order valence-electron chi connectivity index (χ3n) is 4.21. The van der Waals surface area contributed by atoms with Gasteiger partial charge in [0.1, 0.15) is 61.0 Å². The Morgan fingerprint density at radius 1 is 0.609 bits per heavy atom. The highest BCUT2D eigenvalue weighted by atomic mass is 16.7. The zero-order valence-electron chi connectivity index (χ0n) is 11.9. The highest BCUT2D eigenvalue weighted by Crippen LogP contribution is 2.29. The van der Waals surface area contributed by atoms with E-state index in [0.29, 0.717) is 0 Å². The Hall–Kier alpha value is -0.440. The quantitative estimate of drug-likeness (QED) is 0.236. The lowest BCUT2D eigenvalue weighted by molar-refractivity contribution is -0.339. The van der Waals surface area contributed by atoms with Crippen LogP contribution >= 0.6 is 0 Å². The van der Waals surface area contributed by atoms with Crippen molar-refractivity contribution in [3.8, 4) is 0 Å². The van der Waals surface area contributed by atoms with Crippen LogP contribution in [-0.2, 0) is 9.47 Å². The number of rotatable bonds is 3. The molecule has 0 radical (unpaired) electrons. The van der Waals surface area contributed by atoms with Crippen molar-refractivity contribution in [1.29, 1.82) is 0 Å². The Kier molecular flexibility index (Phi) is 5.92. The SMILES string of the molecule is OC[C@H]1O[C@H](O[C@@H]2[C@H](O)[C@@H](O)[C@H](O)[C@@H](O)[C@@H]2O)[C@@H](O)[C@@H](O)[C@@H]1O. The van der Waals surface area contributed by atoms with E-state index < -0.39 is 73.9 Å². The number of aliphatic hydroxyl groups is 9. The highest BCUT2D eigenvalue weighted by Gasteiger charge is 2.52. The van der Waals surface area contributed by atoms with Gasteiger partial charge in [-0.05, 0) is 0 Å². The first-order chi connectivity index (χ1) is 10.7. The maximum atomic E-state index is 9.85. The predicted molar refractivity (Wildman–Crippen MR) is 68.7 cm³/mol. The lowest BCUT2D eigenvalue weighted by Gasteiger charge is -2.45. The van der Waals surface area contributed by atoms with Gasteiger partial charge in [-0.1, -0.05) is 0 Å². The Morgan fingerprint density at radius 2 is 1.04 bits per heavy atom. The van der Waals surface area contributed by atoms with Crippen LogP contribution in [0.4, 0.5) is 0 Å². The molecule has 2 rings (SSSR count). The lowest BCUT2D eigenvalue weighted by atomic mass is 9.84. The molecular weight excluding hydrogens is 320 g/mol. The summed E-state index contributed by atoms with van der Waals surface area (Å²) in [5, 5.41) is 86.6. The molecule has 0 aromatic rings. The summed E-state index contributed by atoms with van der Waals surface area (Å²) in [6, 6.07) is 0. The minimum Gasteiger partial charge on any atom is -0.394 e. The number of hydrogen-bond acceptors (Lipinski definition) is 11. The molecule has 2 fully saturated rings. The Labute approximate surface area is 130 Å². The first-order valence-electron chi connectivity index (χ1n) is 7.07. The van der Waals surface area contributed by atoms with Gasteiger partial charge in [0.05, 0.1) is 6.61 Å². The summed E-state index contributed by atoms with van der Waals surface area (Å²) < 4.78 is 10.2. The van der Waals surface area contributed by atoms with Crippen molar-refractivity contribution < 1.29 is 55.4 Å². The van der Waals surface area contributed by atoms with Crippen LogP contribution < -0.4 is 0 Å². The standard InChI is InChI=1S/C12H22O11/c13-1-2-3(14)4(15)10(21)12(22-2)23-11-8(19)6(17)5(16)7(18)9(11)20/h2-21H,1H2/t2-,3-,4+,5-,6-,7+,8+,9-,10+,11+,12-/m1/s1. The number of hydrogen-bond donors (Lipinski definition) is 9. The van der Waals surface area contributed by atoms with Crippen LogP contribution in [0.2, 0.25) is 0 Å². The molecule has 9 N–H and O–H groups in total. The monoisotopic (exact) mass is 342 g/mol. The first kappa shape index (κ1) is 18.9. The van der Waals surface area contributed by atoms with Gasteiger partial charge in [0.15, 0.2) is 6.29 Å². The van der Waals surface area contributed by atoms with E-state index in [-0.39, 0.29) is 0 Å². The molecule has 0 aromatic heterocycles. The van der Waals surface area contributed by atoms with Gasteiger partial charge in [-0.25, -0.2) is 0 Å². The largest absolute Gasteiger partial charge is 0.394 e. The summed E-state index contributed by atoms with van der Waals surface area (Å²) >= 11 is 0. The topological polar surface area (TPSA) is 201 Å². The second kappa shape index (κ2) is 7.21. The van der Waals surface area contributed by atoms with E-state index in [0.717, 1.165) is 0 Å². The fourth-order valence-corrected chi connectivity index (χ4v) is 2.69. The normalized spacial score (nSPS) is 54.9. The van der Waals surface area contributed by atoms with Crippen molar-refractivity contribution >= 4 is 0 Å². The van der Waals surface area contributed by atoms with Gasteiger partial charge in [-0.3, -0.25) is 0 Å². The van der Waals surface area contributed by atoms with Crippen LogP contribution in [0.5, 0.6) is 0 Å². The molecule has 0 amide bonds. The molecule has 136 valence electrons. The van der Waals surface area contributed by atoms with E-state index >= 15 is 0 Å². The van der Waals surface area contributed by atoms with E-state index in [1.54, 1.807) is 0 Å². The molecular formula is C12H22O11. The van der Waals surface area contributed by atoms with Crippen LogP contribution in [-0.4, -0.2) is 120 Å². The molecule has 23 heavy (non-hydrogen) atoms. The minimum atomic E-state index is -1.83. The molecule has 11 heteroatoms. The Morgan fingerprint density at radius 3 is 1.52 bits per heavy atom. The van der Waals surface area contributed by atoms with Crippen molar-refractivity contribution in [2.75, 3.05) is 6.61 Å². The van der Waals surface area contributed by atoms with Gasteiger partial charge < -0.3 is 55.4 Å². The first-order valence-corrected chi connectivity index (χ1v) is 7.07. The third kappa shape index (κ3) is 3.36. The number of aliphatic hydroxyl groups excluding tert-OH is 9. The summed E-state index contributed by atoms with van der Waals surface area (Å²) in [4.78, 5) is 0. The van der Waals surface area contributed by atoms with Crippen molar-refractivity contribution in [1.82, 2.24) is 0 Å². The third-order valence-corrected chi connectivity index (χ3v) is 4.21. The fraction of sp³-hybridized carbons (Fsp3) is 1.00.